The monoisotopic (exact) mass is 286 g/mol. The van der Waals surface area contributed by atoms with Crippen LogP contribution in [0, 0.1) is 6.92 Å². The lowest BCUT2D eigenvalue weighted by Crippen LogP contribution is -2.50. The fraction of sp³-hybridized carbons (Fsp3) is 0.286. The van der Waals surface area contributed by atoms with Crippen LogP contribution in [-0.2, 0) is 0 Å². The number of carbonyl (C=O) groups is 2. The molecule has 3 rings (SSSR count). The van der Waals surface area contributed by atoms with Gasteiger partial charge in [0, 0.05) is 18.7 Å². The lowest BCUT2D eigenvalue weighted by atomic mass is 10.0. The molecule has 0 spiro atoms. The van der Waals surface area contributed by atoms with Crippen molar-refractivity contribution < 1.29 is 14.7 Å². The number of aldehydes is 1. The van der Waals surface area contributed by atoms with E-state index < -0.39 is 0 Å². The summed E-state index contributed by atoms with van der Waals surface area (Å²) in [6, 6.07) is 3.15. The van der Waals surface area contributed by atoms with Crippen LogP contribution in [0.1, 0.15) is 32.3 Å². The Kier molecular flexibility index (Phi) is 3.17. The van der Waals surface area contributed by atoms with E-state index in [9.17, 15) is 14.7 Å². The second-order valence-electron chi connectivity index (χ2n) is 5.09. The molecule has 1 aliphatic heterocycles. The molecule has 2 aromatic rings. The summed E-state index contributed by atoms with van der Waals surface area (Å²) in [6.45, 7) is 2.77. The lowest BCUT2D eigenvalue weighted by molar-refractivity contribution is 0.0501. The Hall–Kier alpha value is -2.70. The van der Waals surface area contributed by atoms with Crippen LogP contribution in [0.15, 0.2) is 24.8 Å². The van der Waals surface area contributed by atoms with Gasteiger partial charge in [0.25, 0.3) is 5.91 Å². The van der Waals surface area contributed by atoms with E-state index in [0.29, 0.717) is 30.5 Å². The van der Waals surface area contributed by atoms with Gasteiger partial charge >= 0.3 is 0 Å². The van der Waals surface area contributed by atoms with Gasteiger partial charge in [-0.25, -0.2) is 9.67 Å². The average Bonchev–Trinajstić information content (AvgIpc) is 2.93. The first kappa shape index (κ1) is 13.3. The maximum atomic E-state index is 12.4. The standard InChI is InChI=1S/C14H14N4O3/c1-9-2-10(3-11(6-19)13(9)20)14(21)17-4-12(5-17)18-8-15-7-16-18/h2-3,6-8,12,20H,4-5H2,1H3. The molecule has 1 aliphatic rings. The Balaban J connectivity index is 1.75. The van der Waals surface area contributed by atoms with Crippen molar-refractivity contribution in [3.8, 4) is 5.75 Å². The lowest BCUT2D eigenvalue weighted by Gasteiger charge is -2.39. The number of aryl methyl sites for hydroxylation is 1. The summed E-state index contributed by atoms with van der Waals surface area (Å²) in [5, 5.41) is 13.8. The quantitative estimate of drug-likeness (QED) is 0.843. The molecular weight excluding hydrogens is 272 g/mol. The third-order valence-corrected chi connectivity index (χ3v) is 3.66. The molecule has 0 unspecified atom stereocenters. The number of rotatable bonds is 3. The molecule has 0 radical (unpaired) electrons. The van der Waals surface area contributed by atoms with Crippen LogP contribution in [0.4, 0.5) is 0 Å². The van der Waals surface area contributed by atoms with Gasteiger partial charge in [-0.05, 0) is 24.6 Å². The van der Waals surface area contributed by atoms with Crippen molar-refractivity contribution in [2.24, 2.45) is 0 Å². The fourth-order valence-electron chi connectivity index (χ4n) is 2.40. The summed E-state index contributed by atoms with van der Waals surface area (Å²) >= 11 is 0. The van der Waals surface area contributed by atoms with E-state index in [1.807, 2.05) is 0 Å². The number of phenolic OH excluding ortho intramolecular Hbond substituents is 1. The normalized spacial score (nSPS) is 14.8. The number of phenols is 1. The van der Waals surface area contributed by atoms with Crippen molar-refractivity contribution in [2.45, 2.75) is 13.0 Å². The average molecular weight is 286 g/mol. The number of amides is 1. The third-order valence-electron chi connectivity index (χ3n) is 3.66. The Morgan fingerprint density at radius 1 is 1.43 bits per heavy atom. The highest BCUT2D eigenvalue weighted by molar-refractivity contribution is 5.97. The van der Waals surface area contributed by atoms with Crippen LogP contribution in [0.5, 0.6) is 5.75 Å². The fourth-order valence-corrected chi connectivity index (χ4v) is 2.40. The molecule has 2 heterocycles. The zero-order valence-electron chi connectivity index (χ0n) is 11.4. The molecule has 7 nitrogen and oxygen atoms in total. The molecule has 0 atom stereocenters. The van der Waals surface area contributed by atoms with Crippen LogP contribution in [0.2, 0.25) is 0 Å². The number of hydrogen-bond donors (Lipinski definition) is 1. The van der Waals surface area contributed by atoms with Crippen molar-refractivity contribution in [3.63, 3.8) is 0 Å². The SMILES string of the molecule is Cc1cc(C(=O)N2CC(n3cncn3)C2)cc(C=O)c1O. The predicted octanol–water partition coefficient (Wildman–Crippen LogP) is 0.802. The largest absolute Gasteiger partial charge is 0.507 e. The number of nitrogens with zero attached hydrogens (tertiary/aromatic N) is 4. The van der Waals surface area contributed by atoms with Gasteiger partial charge in [-0.1, -0.05) is 0 Å². The van der Waals surface area contributed by atoms with Crippen molar-refractivity contribution in [1.29, 1.82) is 0 Å². The molecule has 1 N–H and O–H groups in total. The second-order valence-corrected chi connectivity index (χ2v) is 5.09. The van der Waals surface area contributed by atoms with Crippen LogP contribution in [0.3, 0.4) is 0 Å². The smallest absolute Gasteiger partial charge is 0.254 e. The van der Waals surface area contributed by atoms with E-state index in [-0.39, 0.29) is 23.3 Å². The minimum Gasteiger partial charge on any atom is -0.507 e. The van der Waals surface area contributed by atoms with Crippen molar-refractivity contribution in [3.05, 3.63) is 41.5 Å². The van der Waals surface area contributed by atoms with E-state index in [0.717, 1.165) is 0 Å². The molecule has 1 aromatic heterocycles. The van der Waals surface area contributed by atoms with Gasteiger partial charge in [0.2, 0.25) is 0 Å². The van der Waals surface area contributed by atoms with Crippen LogP contribution >= 0.6 is 0 Å². The van der Waals surface area contributed by atoms with Crippen LogP contribution in [-0.4, -0.2) is 50.1 Å². The Labute approximate surface area is 120 Å². The van der Waals surface area contributed by atoms with E-state index in [4.69, 9.17) is 0 Å². The van der Waals surface area contributed by atoms with Gasteiger partial charge in [-0.3, -0.25) is 9.59 Å². The highest BCUT2D eigenvalue weighted by Gasteiger charge is 2.33. The summed E-state index contributed by atoms with van der Waals surface area (Å²) in [7, 11) is 0. The summed E-state index contributed by atoms with van der Waals surface area (Å²) < 4.78 is 1.72. The van der Waals surface area contributed by atoms with Crippen molar-refractivity contribution in [2.75, 3.05) is 13.1 Å². The molecular formula is C14H14N4O3. The van der Waals surface area contributed by atoms with Gasteiger partial charge < -0.3 is 10.0 Å². The third kappa shape index (κ3) is 2.26. The molecule has 1 fully saturated rings. The molecule has 1 aromatic carbocycles. The van der Waals surface area contributed by atoms with E-state index in [1.54, 1.807) is 28.9 Å². The molecule has 108 valence electrons. The minimum atomic E-state index is -0.155. The highest BCUT2D eigenvalue weighted by Crippen LogP contribution is 2.26. The van der Waals surface area contributed by atoms with Gasteiger partial charge in [-0.2, -0.15) is 5.10 Å². The molecule has 0 bridgehead atoms. The molecule has 1 saturated heterocycles. The number of hydrogen-bond acceptors (Lipinski definition) is 5. The number of likely N-dealkylation sites (tertiary alicyclic amines) is 1. The Morgan fingerprint density at radius 2 is 2.19 bits per heavy atom. The predicted molar refractivity (Wildman–Crippen MR) is 73.2 cm³/mol. The zero-order valence-corrected chi connectivity index (χ0v) is 11.4. The Bertz CT molecular complexity index is 690. The second kappa shape index (κ2) is 5.01. The van der Waals surface area contributed by atoms with Crippen LogP contribution < -0.4 is 0 Å². The maximum absolute atomic E-state index is 12.4. The summed E-state index contributed by atoms with van der Waals surface area (Å²) in [6.07, 6.45) is 3.64. The number of aromatic hydroxyl groups is 1. The maximum Gasteiger partial charge on any atom is 0.254 e. The molecule has 1 amide bonds. The molecule has 0 aliphatic carbocycles. The van der Waals surface area contributed by atoms with E-state index in [1.165, 1.54) is 12.4 Å². The minimum absolute atomic E-state index is 0.0781. The van der Waals surface area contributed by atoms with Crippen molar-refractivity contribution >= 4 is 12.2 Å². The summed E-state index contributed by atoms with van der Waals surface area (Å²) in [4.78, 5) is 28.8. The molecule has 21 heavy (non-hydrogen) atoms. The van der Waals surface area contributed by atoms with Crippen molar-refractivity contribution in [1.82, 2.24) is 19.7 Å². The van der Waals surface area contributed by atoms with Gasteiger partial charge in [0.15, 0.2) is 6.29 Å². The summed E-state index contributed by atoms with van der Waals surface area (Å²) in [5.41, 5.74) is 1.05. The molecule has 7 heteroatoms. The first-order chi connectivity index (χ1) is 10.1. The zero-order chi connectivity index (χ0) is 15.0. The number of carbonyl (C=O) groups excluding carboxylic acids is 2. The number of aromatic nitrogens is 3. The first-order valence-corrected chi connectivity index (χ1v) is 6.52. The van der Waals surface area contributed by atoms with E-state index in [2.05, 4.69) is 10.1 Å². The number of benzene rings is 1. The van der Waals surface area contributed by atoms with E-state index >= 15 is 0 Å². The highest BCUT2D eigenvalue weighted by atomic mass is 16.3. The first-order valence-electron chi connectivity index (χ1n) is 6.52. The molecule has 0 saturated carbocycles. The Morgan fingerprint density at radius 3 is 2.81 bits per heavy atom. The van der Waals surface area contributed by atoms with Gasteiger partial charge in [0.05, 0.1) is 11.6 Å². The van der Waals surface area contributed by atoms with Gasteiger partial charge in [0.1, 0.15) is 18.4 Å². The topological polar surface area (TPSA) is 88.3 Å². The van der Waals surface area contributed by atoms with Crippen LogP contribution in [0.25, 0.3) is 0 Å². The van der Waals surface area contributed by atoms with Gasteiger partial charge in [-0.15, -0.1) is 0 Å². The summed E-state index contributed by atoms with van der Waals surface area (Å²) in [5.74, 6) is -0.233.